The first-order valence-electron chi connectivity index (χ1n) is 7.52. The molecule has 0 saturated heterocycles. The molecule has 2 bridgehead atoms. The van der Waals surface area contributed by atoms with E-state index < -0.39 is 0 Å². The maximum absolute atomic E-state index is 6.37. The molecule has 2 fully saturated rings. The normalized spacial score (nSPS) is 33.1. The highest BCUT2D eigenvalue weighted by Gasteiger charge is 2.62. The van der Waals surface area contributed by atoms with Crippen LogP contribution in [0.2, 0.25) is 5.02 Å². The highest BCUT2D eigenvalue weighted by molar-refractivity contribution is 7.80. The Balaban J connectivity index is 1.93. The van der Waals surface area contributed by atoms with Gasteiger partial charge in [0, 0.05) is 5.41 Å². The largest absolute Gasteiger partial charge is 0.489 e. The Hall–Kier alpha value is -0.800. The minimum atomic E-state index is 0.202. The molecule has 21 heavy (non-hydrogen) atoms. The van der Waals surface area contributed by atoms with E-state index in [4.69, 9.17) is 34.3 Å². The summed E-state index contributed by atoms with van der Waals surface area (Å²) < 4.78 is 6.37. The van der Waals surface area contributed by atoms with Gasteiger partial charge in [0.05, 0.1) is 10.6 Å². The summed E-state index contributed by atoms with van der Waals surface area (Å²) in [4.78, 5) is 0.295. The smallest absolute Gasteiger partial charge is 0.131 e. The van der Waals surface area contributed by atoms with Crippen molar-refractivity contribution in [2.24, 2.45) is 22.5 Å². The van der Waals surface area contributed by atoms with Crippen molar-refractivity contribution in [3.63, 3.8) is 0 Å². The first kappa shape index (κ1) is 15.1. The summed E-state index contributed by atoms with van der Waals surface area (Å²) in [6, 6.07) is 5.61. The second-order valence-electron chi connectivity index (χ2n) is 7.19. The highest BCUT2D eigenvalue weighted by atomic mass is 35.5. The predicted molar refractivity (Wildman–Crippen MR) is 91.0 cm³/mol. The van der Waals surface area contributed by atoms with Crippen LogP contribution in [-0.2, 0) is 0 Å². The molecule has 114 valence electrons. The zero-order valence-electron chi connectivity index (χ0n) is 12.8. The first-order valence-corrected chi connectivity index (χ1v) is 8.31. The lowest BCUT2D eigenvalue weighted by Crippen LogP contribution is -2.39. The van der Waals surface area contributed by atoms with Crippen molar-refractivity contribution >= 4 is 28.8 Å². The number of ether oxygens (including phenoxy) is 1. The van der Waals surface area contributed by atoms with Gasteiger partial charge in [0.25, 0.3) is 0 Å². The molecule has 2 saturated carbocycles. The van der Waals surface area contributed by atoms with Gasteiger partial charge in [-0.3, -0.25) is 0 Å². The molecular formula is C17H22ClNOS. The molecule has 2 N–H and O–H groups in total. The molecule has 0 radical (unpaired) electrons. The summed E-state index contributed by atoms with van der Waals surface area (Å²) in [6.07, 6.45) is 3.84. The molecule has 3 rings (SSSR count). The fourth-order valence-electron chi connectivity index (χ4n) is 4.30. The van der Waals surface area contributed by atoms with Gasteiger partial charge in [0.15, 0.2) is 0 Å². The SMILES string of the molecule is CC1(C)C2CCC1(C)C(Oc1cccc(Cl)c1C(N)=S)C2. The van der Waals surface area contributed by atoms with Gasteiger partial charge in [-0.2, -0.15) is 0 Å². The van der Waals surface area contributed by atoms with Gasteiger partial charge in [-0.1, -0.05) is 50.7 Å². The molecule has 0 spiro atoms. The summed E-state index contributed by atoms with van der Waals surface area (Å²) in [5, 5.41) is 0.563. The Labute approximate surface area is 137 Å². The minimum absolute atomic E-state index is 0.202. The number of fused-ring (bicyclic) bond motifs is 2. The Bertz CT molecular complexity index is 600. The standard InChI is InChI=1S/C17H22ClNOS/c1-16(2)10-7-8-17(16,3)13(9-10)20-12-6-4-5-11(18)14(12)15(19)21/h4-6,10,13H,7-9H2,1-3H3,(H2,19,21). The molecule has 2 aliphatic rings. The van der Waals surface area contributed by atoms with Crippen LogP contribution < -0.4 is 10.5 Å². The molecule has 0 amide bonds. The second kappa shape index (κ2) is 4.85. The third kappa shape index (κ3) is 2.08. The lowest BCUT2D eigenvalue weighted by molar-refractivity contribution is 0.0301. The minimum Gasteiger partial charge on any atom is -0.489 e. The van der Waals surface area contributed by atoms with Gasteiger partial charge in [0.2, 0.25) is 0 Å². The Morgan fingerprint density at radius 3 is 2.62 bits per heavy atom. The van der Waals surface area contributed by atoms with Crippen molar-refractivity contribution in [2.45, 2.75) is 46.1 Å². The van der Waals surface area contributed by atoms with Crippen LogP contribution in [0, 0.1) is 16.7 Å². The molecule has 0 aromatic heterocycles. The summed E-state index contributed by atoms with van der Waals surface area (Å²) in [6.45, 7) is 7.11. The van der Waals surface area contributed by atoms with Crippen molar-refractivity contribution in [3.8, 4) is 5.75 Å². The van der Waals surface area contributed by atoms with E-state index in [1.807, 2.05) is 12.1 Å². The van der Waals surface area contributed by atoms with Crippen LogP contribution in [0.3, 0.4) is 0 Å². The molecule has 3 unspecified atom stereocenters. The van der Waals surface area contributed by atoms with E-state index in [0.29, 0.717) is 21.0 Å². The lowest BCUT2D eigenvalue weighted by atomic mass is 9.70. The van der Waals surface area contributed by atoms with Crippen LogP contribution in [0.5, 0.6) is 5.75 Å². The van der Waals surface area contributed by atoms with Gasteiger partial charge in [-0.05, 0) is 42.7 Å². The maximum Gasteiger partial charge on any atom is 0.131 e. The van der Waals surface area contributed by atoms with E-state index in [-0.39, 0.29) is 11.5 Å². The van der Waals surface area contributed by atoms with Gasteiger partial charge < -0.3 is 10.5 Å². The van der Waals surface area contributed by atoms with Crippen molar-refractivity contribution in [1.82, 2.24) is 0 Å². The lowest BCUT2D eigenvalue weighted by Gasteiger charge is -2.39. The van der Waals surface area contributed by atoms with Crippen molar-refractivity contribution in [2.75, 3.05) is 0 Å². The highest BCUT2D eigenvalue weighted by Crippen LogP contribution is 2.66. The number of halogens is 1. The summed E-state index contributed by atoms with van der Waals surface area (Å²) in [7, 11) is 0. The Kier molecular flexibility index (Phi) is 3.49. The van der Waals surface area contributed by atoms with E-state index in [9.17, 15) is 0 Å². The van der Waals surface area contributed by atoms with Gasteiger partial charge in [-0.25, -0.2) is 0 Å². The first-order chi connectivity index (χ1) is 9.77. The van der Waals surface area contributed by atoms with E-state index in [2.05, 4.69) is 20.8 Å². The number of hydrogen-bond acceptors (Lipinski definition) is 2. The average molecular weight is 324 g/mol. The second-order valence-corrected chi connectivity index (χ2v) is 8.04. The summed E-state index contributed by atoms with van der Waals surface area (Å²) in [5.74, 6) is 1.46. The molecule has 1 aromatic rings. The van der Waals surface area contributed by atoms with E-state index in [1.54, 1.807) is 6.07 Å². The monoisotopic (exact) mass is 323 g/mol. The summed E-state index contributed by atoms with van der Waals surface area (Å²) >= 11 is 11.4. The molecule has 1 aromatic carbocycles. The molecule has 0 heterocycles. The fraction of sp³-hybridized carbons (Fsp3) is 0.588. The zero-order chi connectivity index (χ0) is 15.4. The van der Waals surface area contributed by atoms with Gasteiger partial charge in [-0.15, -0.1) is 0 Å². The maximum atomic E-state index is 6.37. The summed E-state index contributed by atoms with van der Waals surface area (Å²) in [5.41, 5.74) is 7.00. The quantitative estimate of drug-likeness (QED) is 0.828. The molecule has 3 atom stereocenters. The topological polar surface area (TPSA) is 35.2 Å². The van der Waals surface area contributed by atoms with Crippen LogP contribution in [0.25, 0.3) is 0 Å². The number of nitrogens with two attached hydrogens (primary N) is 1. The number of rotatable bonds is 3. The third-order valence-corrected chi connectivity index (χ3v) is 6.72. The molecule has 2 aliphatic carbocycles. The van der Waals surface area contributed by atoms with Crippen LogP contribution in [0.1, 0.15) is 45.6 Å². The number of hydrogen-bond donors (Lipinski definition) is 1. The predicted octanol–water partition coefficient (Wildman–Crippen LogP) is 4.57. The Morgan fingerprint density at radius 2 is 2.10 bits per heavy atom. The van der Waals surface area contributed by atoms with Crippen LogP contribution >= 0.6 is 23.8 Å². The zero-order valence-corrected chi connectivity index (χ0v) is 14.4. The third-order valence-electron chi connectivity index (χ3n) is 6.20. The van der Waals surface area contributed by atoms with Crippen LogP contribution in [0.4, 0.5) is 0 Å². The van der Waals surface area contributed by atoms with Gasteiger partial charge >= 0.3 is 0 Å². The molecule has 4 heteroatoms. The Morgan fingerprint density at radius 1 is 1.38 bits per heavy atom. The molecule has 2 nitrogen and oxygen atoms in total. The fourth-order valence-corrected chi connectivity index (χ4v) is 4.84. The van der Waals surface area contributed by atoms with Crippen LogP contribution in [0.15, 0.2) is 18.2 Å². The van der Waals surface area contributed by atoms with Crippen molar-refractivity contribution in [3.05, 3.63) is 28.8 Å². The van der Waals surface area contributed by atoms with Crippen LogP contribution in [-0.4, -0.2) is 11.1 Å². The molecule has 0 aliphatic heterocycles. The van der Waals surface area contributed by atoms with Gasteiger partial charge in [0.1, 0.15) is 16.8 Å². The average Bonchev–Trinajstić information content (AvgIpc) is 2.71. The van der Waals surface area contributed by atoms with E-state index in [1.165, 1.54) is 12.8 Å². The molecular weight excluding hydrogens is 302 g/mol. The van der Waals surface area contributed by atoms with E-state index >= 15 is 0 Å². The van der Waals surface area contributed by atoms with Crippen molar-refractivity contribution < 1.29 is 4.74 Å². The number of benzene rings is 1. The van der Waals surface area contributed by atoms with E-state index in [0.717, 1.165) is 18.1 Å². The van der Waals surface area contributed by atoms with Crippen molar-refractivity contribution in [1.29, 1.82) is 0 Å². The number of thiocarbonyl (C=S) groups is 1.